The van der Waals surface area contributed by atoms with Crippen molar-refractivity contribution in [2.75, 3.05) is 0 Å². The van der Waals surface area contributed by atoms with E-state index in [-0.39, 0.29) is 29.1 Å². The van der Waals surface area contributed by atoms with Crippen molar-refractivity contribution in [3.05, 3.63) is 82.2 Å². The molecule has 4 nitrogen and oxygen atoms in total. The number of aromatic hydroxyl groups is 1. The Morgan fingerprint density at radius 1 is 1.04 bits per heavy atom. The fourth-order valence-electron chi connectivity index (χ4n) is 3.19. The van der Waals surface area contributed by atoms with Crippen LogP contribution in [0.1, 0.15) is 31.1 Å². The normalized spacial score (nSPS) is 11.4. The fraction of sp³-hybridized carbons (Fsp3) is 0.174. The van der Waals surface area contributed by atoms with Gasteiger partial charge in [-0.3, -0.25) is 4.79 Å². The third-order valence-electron chi connectivity index (χ3n) is 4.60. The van der Waals surface area contributed by atoms with E-state index >= 15 is 0 Å². The van der Waals surface area contributed by atoms with Crippen LogP contribution in [-0.2, 0) is 6.61 Å². The highest BCUT2D eigenvalue weighted by atomic mass is 16.5. The van der Waals surface area contributed by atoms with Gasteiger partial charge in [-0.25, -0.2) is 0 Å². The molecule has 0 fully saturated rings. The van der Waals surface area contributed by atoms with E-state index in [0.29, 0.717) is 11.3 Å². The van der Waals surface area contributed by atoms with Crippen LogP contribution in [0.15, 0.2) is 69.9 Å². The van der Waals surface area contributed by atoms with Gasteiger partial charge < -0.3 is 14.3 Å². The average molecular weight is 360 g/mol. The maximum absolute atomic E-state index is 12.3. The zero-order valence-electron chi connectivity index (χ0n) is 15.2. The second-order valence-corrected chi connectivity index (χ2v) is 6.92. The minimum Gasteiger partial charge on any atom is -0.507 e. The Morgan fingerprint density at radius 2 is 1.81 bits per heavy atom. The van der Waals surface area contributed by atoms with Crippen LogP contribution >= 0.6 is 0 Å². The number of phenolic OH excluding ortho intramolecular Hbond substituents is 1. The van der Waals surface area contributed by atoms with Gasteiger partial charge in [0, 0.05) is 17.4 Å². The quantitative estimate of drug-likeness (QED) is 0.533. The van der Waals surface area contributed by atoms with Crippen molar-refractivity contribution >= 4 is 21.7 Å². The molecule has 136 valence electrons. The Bertz CT molecular complexity index is 1180. The molecule has 0 amide bonds. The number of ether oxygens (including phenoxy) is 1. The van der Waals surface area contributed by atoms with E-state index in [4.69, 9.17) is 9.15 Å². The molecule has 1 N–H and O–H groups in total. The van der Waals surface area contributed by atoms with Crippen LogP contribution in [0.25, 0.3) is 21.7 Å². The zero-order chi connectivity index (χ0) is 19.0. The smallest absolute Gasteiger partial charge is 0.196 e. The minimum absolute atomic E-state index is 0.0832. The van der Waals surface area contributed by atoms with Crippen molar-refractivity contribution < 1.29 is 14.3 Å². The van der Waals surface area contributed by atoms with Gasteiger partial charge in [0.1, 0.15) is 34.8 Å². The Labute approximate surface area is 156 Å². The van der Waals surface area contributed by atoms with Crippen molar-refractivity contribution in [2.45, 2.75) is 26.4 Å². The maximum Gasteiger partial charge on any atom is 0.196 e. The summed E-state index contributed by atoms with van der Waals surface area (Å²) in [6, 6.07) is 18.7. The van der Waals surface area contributed by atoms with E-state index in [9.17, 15) is 9.90 Å². The number of fused-ring (bicyclic) bond motifs is 2. The first kappa shape index (κ1) is 17.2. The topological polar surface area (TPSA) is 59.7 Å². The molecule has 0 aliphatic carbocycles. The lowest BCUT2D eigenvalue weighted by Crippen LogP contribution is -2.05. The van der Waals surface area contributed by atoms with Crippen LogP contribution < -0.4 is 10.2 Å². The van der Waals surface area contributed by atoms with Gasteiger partial charge in [0.25, 0.3) is 0 Å². The average Bonchev–Trinajstić information content (AvgIpc) is 2.65. The van der Waals surface area contributed by atoms with E-state index in [1.165, 1.54) is 6.07 Å². The zero-order valence-corrected chi connectivity index (χ0v) is 15.2. The predicted molar refractivity (Wildman–Crippen MR) is 107 cm³/mol. The number of benzene rings is 3. The first-order chi connectivity index (χ1) is 13.0. The van der Waals surface area contributed by atoms with Crippen LogP contribution in [0.2, 0.25) is 0 Å². The molecular weight excluding hydrogens is 340 g/mol. The summed E-state index contributed by atoms with van der Waals surface area (Å²) in [4.78, 5) is 12.3. The predicted octanol–water partition coefficient (Wildman–Crippen LogP) is 5.35. The maximum atomic E-state index is 12.3. The van der Waals surface area contributed by atoms with Gasteiger partial charge in [0.15, 0.2) is 5.43 Å². The van der Waals surface area contributed by atoms with Crippen molar-refractivity contribution in [3.8, 4) is 11.5 Å². The Balaban J connectivity index is 1.70. The van der Waals surface area contributed by atoms with Crippen LogP contribution in [0, 0.1) is 0 Å². The molecule has 0 saturated heterocycles. The molecule has 0 radical (unpaired) electrons. The number of phenols is 1. The molecule has 0 saturated carbocycles. The number of hydrogen-bond donors (Lipinski definition) is 1. The van der Waals surface area contributed by atoms with Gasteiger partial charge in [-0.15, -0.1) is 0 Å². The largest absolute Gasteiger partial charge is 0.507 e. The monoisotopic (exact) mass is 360 g/mol. The molecule has 0 unspecified atom stereocenters. The lowest BCUT2D eigenvalue weighted by Gasteiger charge is -2.11. The Morgan fingerprint density at radius 3 is 2.63 bits per heavy atom. The fourth-order valence-corrected chi connectivity index (χ4v) is 3.19. The molecule has 0 atom stereocenters. The first-order valence-corrected chi connectivity index (χ1v) is 8.93. The SMILES string of the molecule is CC(C)c1cc(=O)c2c(O)cc(COc3cccc4ccccc34)cc2o1. The van der Waals surface area contributed by atoms with Gasteiger partial charge in [-0.05, 0) is 29.1 Å². The lowest BCUT2D eigenvalue weighted by molar-refractivity contribution is 0.309. The summed E-state index contributed by atoms with van der Waals surface area (Å²) in [7, 11) is 0. The highest BCUT2D eigenvalue weighted by molar-refractivity contribution is 5.88. The number of hydrogen-bond acceptors (Lipinski definition) is 4. The molecular formula is C23H20O4. The van der Waals surface area contributed by atoms with E-state index < -0.39 is 0 Å². The minimum atomic E-state index is -0.237. The summed E-state index contributed by atoms with van der Waals surface area (Å²) in [5, 5.41) is 12.6. The van der Waals surface area contributed by atoms with E-state index in [0.717, 1.165) is 22.1 Å². The second kappa shape index (κ2) is 6.80. The molecule has 4 aromatic rings. The third kappa shape index (κ3) is 3.26. The van der Waals surface area contributed by atoms with Crippen LogP contribution in [0.5, 0.6) is 11.5 Å². The molecule has 0 aliphatic rings. The molecule has 0 bridgehead atoms. The number of rotatable bonds is 4. The van der Waals surface area contributed by atoms with Gasteiger partial charge in [-0.2, -0.15) is 0 Å². The summed E-state index contributed by atoms with van der Waals surface area (Å²) in [5.74, 6) is 1.36. The standard InChI is InChI=1S/C23H20O4/c1-14(2)21-12-19(25)23-18(24)10-15(11-22(23)27-21)13-26-20-9-5-7-16-6-3-4-8-17(16)20/h3-12,14,24H,13H2,1-2H3. The summed E-state index contributed by atoms with van der Waals surface area (Å²) < 4.78 is 11.8. The second-order valence-electron chi connectivity index (χ2n) is 6.92. The first-order valence-electron chi connectivity index (χ1n) is 8.93. The molecule has 0 spiro atoms. The molecule has 4 heteroatoms. The summed E-state index contributed by atoms with van der Waals surface area (Å²) in [6.45, 7) is 4.17. The van der Waals surface area contributed by atoms with E-state index in [1.807, 2.05) is 56.3 Å². The molecule has 0 aliphatic heterocycles. The van der Waals surface area contributed by atoms with Crippen molar-refractivity contribution in [2.24, 2.45) is 0 Å². The summed E-state index contributed by atoms with van der Waals surface area (Å²) >= 11 is 0. The highest BCUT2D eigenvalue weighted by Gasteiger charge is 2.13. The van der Waals surface area contributed by atoms with E-state index in [1.54, 1.807) is 12.1 Å². The van der Waals surface area contributed by atoms with Crippen molar-refractivity contribution in [1.29, 1.82) is 0 Å². The summed E-state index contributed by atoms with van der Waals surface area (Å²) in [6.07, 6.45) is 0. The third-order valence-corrected chi connectivity index (χ3v) is 4.60. The molecule has 4 rings (SSSR count). The van der Waals surface area contributed by atoms with Crippen LogP contribution in [0.3, 0.4) is 0 Å². The summed E-state index contributed by atoms with van der Waals surface area (Å²) in [5.41, 5.74) is 0.874. The van der Waals surface area contributed by atoms with Crippen LogP contribution in [0.4, 0.5) is 0 Å². The molecule has 1 heterocycles. The van der Waals surface area contributed by atoms with Gasteiger partial charge in [-0.1, -0.05) is 50.2 Å². The van der Waals surface area contributed by atoms with Crippen molar-refractivity contribution in [1.82, 2.24) is 0 Å². The Kier molecular flexibility index (Phi) is 4.32. The highest BCUT2D eigenvalue weighted by Crippen LogP contribution is 2.29. The van der Waals surface area contributed by atoms with E-state index in [2.05, 4.69) is 0 Å². The molecule has 3 aromatic carbocycles. The van der Waals surface area contributed by atoms with Crippen molar-refractivity contribution in [3.63, 3.8) is 0 Å². The van der Waals surface area contributed by atoms with Crippen LogP contribution in [-0.4, -0.2) is 5.11 Å². The molecule has 27 heavy (non-hydrogen) atoms. The Hall–Kier alpha value is -3.27. The van der Waals surface area contributed by atoms with Gasteiger partial charge in [0.05, 0.1) is 0 Å². The van der Waals surface area contributed by atoms with Gasteiger partial charge >= 0.3 is 0 Å². The van der Waals surface area contributed by atoms with Gasteiger partial charge in [0.2, 0.25) is 0 Å². The lowest BCUT2D eigenvalue weighted by atomic mass is 10.1. The molecule has 1 aromatic heterocycles.